The second-order valence-corrected chi connectivity index (χ2v) is 7.63. The Bertz CT molecular complexity index is 534. The molecule has 7 heteroatoms. The van der Waals surface area contributed by atoms with Crippen LogP contribution in [0.2, 0.25) is 0 Å². The number of ketones is 1. The van der Waals surface area contributed by atoms with Gasteiger partial charge in [-0.1, -0.05) is 0 Å². The molecule has 0 fully saturated rings. The van der Waals surface area contributed by atoms with Gasteiger partial charge in [0.2, 0.25) is 12.1 Å². The number of esters is 2. The summed E-state index contributed by atoms with van der Waals surface area (Å²) in [5, 5.41) is 0. The lowest BCUT2D eigenvalue weighted by Gasteiger charge is -2.29. The van der Waals surface area contributed by atoms with E-state index in [4.69, 9.17) is 18.9 Å². The summed E-state index contributed by atoms with van der Waals surface area (Å²) in [5.74, 6) is -1.42. The van der Waals surface area contributed by atoms with Gasteiger partial charge in [-0.25, -0.2) is 0 Å². The first kappa shape index (κ1) is 20.3. The first-order valence-corrected chi connectivity index (χ1v) is 7.69. The molecule has 1 rings (SSSR count). The van der Waals surface area contributed by atoms with Gasteiger partial charge in [0.05, 0.1) is 10.8 Å². The third-order valence-corrected chi connectivity index (χ3v) is 3.14. The molecular formula is C17H26O7. The summed E-state index contributed by atoms with van der Waals surface area (Å²) in [6, 6.07) is 0. The van der Waals surface area contributed by atoms with Crippen LogP contribution in [0.1, 0.15) is 41.5 Å². The van der Waals surface area contributed by atoms with E-state index in [1.807, 2.05) is 0 Å². The van der Waals surface area contributed by atoms with Gasteiger partial charge in [-0.05, 0) is 41.5 Å². The third kappa shape index (κ3) is 5.42. The standard InChI is InChI=1S/C17H26O7/c1-16(2,3)14(19)22-9-12-11(24-15(20)17(4,5)6)8-10(18)13(21-7)23-12/h8,12-13H,9H2,1-7H3/t12-,13+/m1/s1. The van der Waals surface area contributed by atoms with Gasteiger partial charge in [0, 0.05) is 13.2 Å². The maximum atomic E-state index is 12.1. The normalized spacial score (nSPS) is 22.0. The zero-order valence-electron chi connectivity index (χ0n) is 15.3. The van der Waals surface area contributed by atoms with Crippen molar-refractivity contribution in [3.05, 3.63) is 11.8 Å². The molecule has 1 heterocycles. The highest BCUT2D eigenvalue weighted by molar-refractivity contribution is 5.94. The number of hydrogen-bond donors (Lipinski definition) is 0. The zero-order chi connectivity index (χ0) is 18.7. The van der Waals surface area contributed by atoms with Crippen molar-refractivity contribution in [2.45, 2.75) is 53.9 Å². The second kappa shape index (κ2) is 7.44. The van der Waals surface area contributed by atoms with E-state index < -0.39 is 40.9 Å². The monoisotopic (exact) mass is 342 g/mol. The Morgan fingerprint density at radius 3 is 2.08 bits per heavy atom. The Labute approximate surface area is 142 Å². The Morgan fingerprint density at radius 1 is 1.08 bits per heavy atom. The summed E-state index contributed by atoms with van der Waals surface area (Å²) >= 11 is 0. The molecule has 7 nitrogen and oxygen atoms in total. The smallest absolute Gasteiger partial charge is 0.316 e. The summed E-state index contributed by atoms with van der Waals surface area (Å²) in [6.07, 6.45) is -0.873. The van der Waals surface area contributed by atoms with E-state index in [1.165, 1.54) is 7.11 Å². The fourth-order valence-corrected chi connectivity index (χ4v) is 1.60. The minimum absolute atomic E-state index is 0.00920. The number of rotatable bonds is 4. The molecular weight excluding hydrogens is 316 g/mol. The van der Waals surface area contributed by atoms with Crippen molar-refractivity contribution in [3.63, 3.8) is 0 Å². The number of ether oxygens (including phenoxy) is 4. The molecule has 2 atom stereocenters. The first-order chi connectivity index (χ1) is 10.9. The summed E-state index contributed by atoms with van der Waals surface area (Å²) in [4.78, 5) is 35.9. The van der Waals surface area contributed by atoms with Gasteiger partial charge in [-0.3, -0.25) is 14.4 Å². The quantitative estimate of drug-likeness (QED) is 0.722. The lowest BCUT2D eigenvalue weighted by Crippen LogP contribution is -2.41. The average molecular weight is 342 g/mol. The molecule has 0 spiro atoms. The van der Waals surface area contributed by atoms with Crippen LogP contribution in [0.3, 0.4) is 0 Å². The van der Waals surface area contributed by atoms with Crippen LogP contribution in [0, 0.1) is 10.8 Å². The predicted molar refractivity (Wildman–Crippen MR) is 84.7 cm³/mol. The van der Waals surface area contributed by atoms with Crippen LogP contribution in [-0.4, -0.2) is 43.8 Å². The topological polar surface area (TPSA) is 88.1 Å². The van der Waals surface area contributed by atoms with Gasteiger partial charge >= 0.3 is 11.9 Å². The highest BCUT2D eigenvalue weighted by Gasteiger charge is 2.36. The van der Waals surface area contributed by atoms with Crippen LogP contribution >= 0.6 is 0 Å². The van der Waals surface area contributed by atoms with Gasteiger partial charge in [0.25, 0.3) is 0 Å². The van der Waals surface area contributed by atoms with Gasteiger partial charge < -0.3 is 18.9 Å². The number of methoxy groups -OCH3 is 1. The lowest BCUT2D eigenvalue weighted by atomic mass is 9.97. The first-order valence-electron chi connectivity index (χ1n) is 7.69. The summed E-state index contributed by atoms with van der Waals surface area (Å²) in [5.41, 5.74) is -1.44. The zero-order valence-corrected chi connectivity index (χ0v) is 15.3. The molecule has 0 amide bonds. The third-order valence-electron chi connectivity index (χ3n) is 3.14. The van der Waals surface area contributed by atoms with E-state index in [9.17, 15) is 14.4 Å². The Kier molecular flexibility index (Phi) is 6.30. The van der Waals surface area contributed by atoms with Crippen LogP contribution in [0.25, 0.3) is 0 Å². The van der Waals surface area contributed by atoms with E-state index in [-0.39, 0.29) is 12.4 Å². The number of carbonyl (C=O) groups is 3. The van der Waals surface area contributed by atoms with Crippen LogP contribution < -0.4 is 0 Å². The Hall–Kier alpha value is -1.73. The highest BCUT2D eigenvalue weighted by atomic mass is 16.7. The van der Waals surface area contributed by atoms with Crippen LogP contribution in [0.5, 0.6) is 0 Å². The van der Waals surface area contributed by atoms with Crippen molar-refractivity contribution in [2.75, 3.05) is 13.7 Å². The molecule has 0 unspecified atom stereocenters. The van der Waals surface area contributed by atoms with Crippen molar-refractivity contribution in [3.8, 4) is 0 Å². The van der Waals surface area contributed by atoms with Gasteiger partial charge in [-0.2, -0.15) is 0 Å². The van der Waals surface area contributed by atoms with Gasteiger partial charge in [0.15, 0.2) is 6.10 Å². The van der Waals surface area contributed by atoms with Crippen molar-refractivity contribution in [1.82, 2.24) is 0 Å². The summed E-state index contributed by atoms with van der Waals surface area (Å²) in [7, 11) is 1.32. The van der Waals surface area contributed by atoms with E-state index >= 15 is 0 Å². The van der Waals surface area contributed by atoms with Gasteiger partial charge in [0.1, 0.15) is 12.4 Å². The summed E-state index contributed by atoms with van der Waals surface area (Å²) in [6.45, 7) is 10.0. The minimum Gasteiger partial charge on any atom is -0.462 e. The average Bonchev–Trinajstić information content (AvgIpc) is 2.43. The van der Waals surface area contributed by atoms with Crippen LogP contribution in [-0.2, 0) is 33.3 Å². The molecule has 1 aliphatic heterocycles. The molecule has 24 heavy (non-hydrogen) atoms. The molecule has 0 saturated carbocycles. The Balaban J connectivity index is 2.91. The van der Waals surface area contributed by atoms with Crippen LogP contribution in [0.4, 0.5) is 0 Å². The fourth-order valence-electron chi connectivity index (χ4n) is 1.60. The SMILES string of the molecule is CO[C@H]1O[C@H](COC(=O)C(C)(C)C)C(OC(=O)C(C)(C)C)=CC1=O. The highest BCUT2D eigenvalue weighted by Crippen LogP contribution is 2.25. The minimum atomic E-state index is -1.12. The second-order valence-electron chi connectivity index (χ2n) is 7.63. The molecule has 0 aromatic carbocycles. The molecule has 0 aromatic heterocycles. The molecule has 0 aliphatic carbocycles. The molecule has 0 N–H and O–H groups in total. The molecule has 0 aromatic rings. The van der Waals surface area contributed by atoms with Crippen molar-refractivity contribution < 1.29 is 33.3 Å². The fraction of sp³-hybridized carbons (Fsp3) is 0.706. The van der Waals surface area contributed by atoms with Crippen molar-refractivity contribution in [1.29, 1.82) is 0 Å². The van der Waals surface area contributed by atoms with E-state index in [0.717, 1.165) is 6.08 Å². The predicted octanol–water partition coefficient (Wildman–Crippen LogP) is 1.99. The van der Waals surface area contributed by atoms with E-state index in [2.05, 4.69) is 0 Å². The molecule has 0 bridgehead atoms. The van der Waals surface area contributed by atoms with Gasteiger partial charge in [-0.15, -0.1) is 0 Å². The molecule has 0 saturated heterocycles. The van der Waals surface area contributed by atoms with Crippen molar-refractivity contribution in [2.24, 2.45) is 10.8 Å². The number of hydrogen-bond acceptors (Lipinski definition) is 7. The van der Waals surface area contributed by atoms with Crippen molar-refractivity contribution >= 4 is 17.7 Å². The largest absolute Gasteiger partial charge is 0.462 e. The van der Waals surface area contributed by atoms with E-state index in [1.54, 1.807) is 41.5 Å². The van der Waals surface area contributed by atoms with E-state index in [0.29, 0.717) is 0 Å². The summed E-state index contributed by atoms with van der Waals surface area (Å²) < 4.78 is 20.9. The maximum absolute atomic E-state index is 12.1. The van der Waals surface area contributed by atoms with Crippen LogP contribution in [0.15, 0.2) is 11.8 Å². The number of carbonyl (C=O) groups excluding carboxylic acids is 3. The molecule has 0 radical (unpaired) electrons. The molecule has 1 aliphatic rings. The Morgan fingerprint density at radius 2 is 1.62 bits per heavy atom. The maximum Gasteiger partial charge on any atom is 0.316 e. The lowest BCUT2D eigenvalue weighted by molar-refractivity contribution is -0.189. The molecule has 136 valence electrons.